The number of aliphatic hydroxyl groups excluding tert-OH is 1. The van der Waals surface area contributed by atoms with Crippen LogP contribution in [-0.2, 0) is 11.8 Å². The number of carbonyl (C=O) groups is 2. The summed E-state index contributed by atoms with van der Waals surface area (Å²) in [7, 11) is 3.56. The van der Waals surface area contributed by atoms with Crippen LogP contribution in [0.2, 0.25) is 0 Å². The number of aryl methyl sites for hydroxylation is 1. The predicted octanol–water partition coefficient (Wildman–Crippen LogP) is 3.46. The van der Waals surface area contributed by atoms with Crippen molar-refractivity contribution in [2.45, 2.75) is 6.92 Å². The molecule has 2 amide bonds. The molecule has 0 fully saturated rings. The van der Waals surface area contributed by atoms with Crippen molar-refractivity contribution in [3.05, 3.63) is 72.6 Å². The van der Waals surface area contributed by atoms with Gasteiger partial charge >= 0.3 is 0 Å². The molecule has 0 saturated carbocycles. The van der Waals surface area contributed by atoms with Gasteiger partial charge in [0.2, 0.25) is 0 Å². The van der Waals surface area contributed by atoms with E-state index in [4.69, 9.17) is 10.8 Å². The Hall–Kier alpha value is -4.50. The smallest absolute Gasteiger partial charge is 0.253 e. The van der Waals surface area contributed by atoms with Crippen molar-refractivity contribution in [1.29, 1.82) is 0 Å². The van der Waals surface area contributed by atoms with Crippen molar-refractivity contribution in [2.75, 3.05) is 31.2 Å². The van der Waals surface area contributed by atoms with E-state index in [-0.39, 0.29) is 25.0 Å². The van der Waals surface area contributed by atoms with Gasteiger partial charge in [0, 0.05) is 43.0 Å². The van der Waals surface area contributed by atoms with Crippen LogP contribution in [0.15, 0.2) is 67.0 Å². The molecule has 4 rings (SSSR count). The lowest BCUT2D eigenvalue weighted by molar-refractivity contribution is -0.112. The number of nitrogen functional groups attached to an aromatic ring is 1. The fourth-order valence-electron chi connectivity index (χ4n) is 4.10. The van der Waals surface area contributed by atoms with Gasteiger partial charge in [0.05, 0.1) is 17.7 Å². The SMILES string of the molecule is C=C(C)C(=O)Nc1ccc(-c2c(-c3ccc(C(=O)N(C)CCO)cc3)c3c(N)ncnc3n2C)cc1. The zero-order valence-corrected chi connectivity index (χ0v) is 20.4. The van der Waals surface area contributed by atoms with Gasteiger partial charge in [-0.2, -0.15) is 0 Å². The molecule has 0 spiro atoms. The van der Waals surface area contributed by atoms with Gasteiger partial charge in [-0.1, -0.05) is 30.8 Å². The second-order valence-electron chi connectivity index (χ2n) is 8.58. The molecule has 2 heterocycles. The van der Waals surface area contributed by atoms with Gasteiger partial charge < -0.3 is 25.6 Å². The number of carbonyl (C=O) groups excluding carboxylic acids is 2. The van der Waals surface area contributed by atoms with Crippen molar-refractivity contribution < 1.29 is 14.7 Å². The Morgan fingerprint density at radius 2 is 1.72 bits per heavy atom. The number of fused-ring (bicyclic) bond motifs is 1. The Bertz CT molecular complexity index is 1460. The number of amides is 2. The first-order valence-corrected chi connectivity index (χ1v) is 11.4. The molecule has 2 aromatic carbocycles. The van der Waals surface area contributed by atoms with Gasteiger partial charge in [-0.15, -0.1) is 0 Å². The predicted molar refractivity (Wildman–Crippen MR) is 141 cm³/mol. The number of nitrogens with one attached hydrogen (secondary N) is 1. The number of benzene rings is 2. The van der Waals surface area contributed by atoms with E-state index in [2.05, 4.69) is 21.9 Å². The van der Waals surface area contributed by atoms with Gasteiger partial charge in [-0.25, -0.2) is 9.97 Å². The Morgan fingerprint density at radius 1 is 1.08 bits per heavy atom. The molecule has 4 aromatic rings. The molecule has 0 aliphatic carbocycles. The van der Waals surface area contributed by atoms with Crippen LogP contribution in [0.3, 0.4) is 0 Å². The van der Waals surface area contributed by atoms with E-state index in [0.717, 1.165) is 22.4 Å². The molecule has 36 heavy (non-hydrogen) atoms. The van der Waals surface area contributed by atoms with E-state index in [9.17, 15) is 9.59 Å². The highest BCUT2D eigenvalue weighted by molar-refractivity contribution is 6.08. The van der Waals surface area contributed by atoms with Crippen LogP contribution in [0.5, 0.6) is 0 Å². The molecule has 0 aliphatic rings. The highest BCUT2D eigenvalue weighted by atomic mass is 16.3. The third-order valence-electron chi connectivity index (χ3n) is 6.00. The minimum Gasteiger partial charge on any atom is -0.395 e. The summed E-state index contributed by atoms with van der Waals surface area (Å²) in [5.41, 5.74) is 12.0. The number of aliphatic hydroxyl groups is 1. The monoisotopic (exact) mass is 484 g/mol. The first-order chi connectivity index (χ1) is 17.2. The van der Waals surface area contributed by atoms with Crippen LogP contribution in [0.1, 0.15) is 17.3 Å². The Labute approximate surface area is 208 Å². The lowest BCUT2D eigenvalue weighted by Gasteiger charge is -2.16. The second-order valence-corrected chi connectivity index (χ2v) is 8.58. The van der Waals surface area contributed by atoms with Crippen LogP contribution < -0.4 is 11.1 Å². The fraction of sp³-hybridized carbons (Fsp3) is 0.185. The van der Waals surface area contributed by atoms with E-state index in [0.29, 0.717) is 33.7 Å². The van der Waals surface area contributed by atoms with Crippen molar-refractivity contribution in [3.8, 4) is 22.4 Å². The maximum atomic E-state index is 12.6. The quantitative estimate of drug-likeness (QED) is 0.345. The zero-order chi connectivity index (χ0) is 26.0. The number of nitrogens with zero attached hydrogens (tertiary/aromatic N) is 4. The Morgan fingerprint density at radius 3 is 2.33 bits per heavy atom. The maximum absolute atomic E-state index is 12.6. The summed E-state index contributed by atoms with van der Waals surface area (Å²) in [5.74, 6) is -0.0654. The van der Waals surface area contributed by atoms with Gasteiger partial charge in [0.1, 0.15) is 17.8 Å². The fourth-order valence-corrected chi connectivity index (χ4v) is 4.10. The van der Waals surface area contributed by atoms with E-state index in [1.54, 1.807) is 26.1 Å². The number of likely N-dealkylation sites (N-methyl/N-ethyl adjacent to an activating group) is 1. The molecule has 0 bridgehead atoms. The Kier molecular flexibility index (Phi) is 6.84. The van der Waals surface area contributed by atoms with Gasteiger partial charge in [0.15, 0.2) is 0 Å². The summed E-state index contributed by atoms with van der Waals surface area (Å²) in [6, 6.07) is 14.7. The number of hydrogen-bond donors (Lipinski definition) is 3. The molecular weight excluding hydrogens is 456 g/mol. The first kappa shape index (κ1) is 24.6. The number of nitrogens with two attached hydrogens (primary N) is 1. The molecule has 0 saturated heterocycles. The summed E-state index contributed by atoms with van der Waals surface area (Å²) < 4.78 is 1.96. The second kappa shape index (κ2) is 10.0. The van der Waals surface area contributed by atoms with Crippen molar-refractivity contribution in [2.24, 2.45) is 7.05 Å². The molecule has 0 radical (unpaired) electrons. The average molecular weight is 485 g/mol. The number of anilines is 2. The Balaban J connectivity index is 1.82. The zero-order valence-electron chi connectivity index (χ0n) is 20.4. The van der Waals surface area contributed by atoms with Gasteiger partial charge in [-0.3, -0.25) is 9.59 Å². The van der Waals surface area contributed by atoms with E-state index < -0.39 is 0 Å². The van der Waals surface area contributed by atoms with E-state index in [1.807, 2.05) is 48.0 Å². The van der Waals surface area contributed by atoms with Gasteiger partial charge in [0.25, 0.3) is 11.8 Å². The standard InChI is InChI=1S/C27H28N6O3/c1-16(2)26(35)31-20-11-9-18(10-12-20)23-21(22-24(28)29-15-30-25(22)33(23)4)17-5-7-19(8-6-17)27(36)32(3)13-14-34/h5-12,15,34H,1,13-14H2,2-4H3,(H,31,35)(H2,28,29,30). The van der Waals surface area contributed by atoms with Crippen LogP contribution in [0.4, 0.5) is 11.5 Å². The summed E-state index contributed by atoms with van der Waals surface area (Å²) in [4.78, 5) is 34.8. The van der Waals surface area contributed by atoms with E-state index >= 15 is 0 Å². The van der Waals surface area contributed by atoms with E-state index in [1.165, 1.54) is 11.2 Å². The molecule has 184 valence electrons. The molecule has 2 aromatic heterocycles. The van der Waals surface area contributed by atoms with Crippen molar-refractivity contribution in [1.82, 2.24) is 19.4 Å². The number of hydrogen-bond acceptors (Lipinski definition) is 6. The molecule has 9 nitrogen and oxygen atoms in total. The van der Waals surface area contributed by atoms with Crippen molar-refractivity contribution >= 4 is 34.4 Å². The number of aromatic nitrogens is 3. The summed E-state index contributed by atoms with van der Waals surface area (Å²) in [6.07, 6.45) is 1.43. The topological polar surface area (TPSA) is 126 Å². The molecule has 0 unspecified atom stereocenters. The maximum Gasteiger partial charge on any atom is 0.253 e. The van der Waals surface area contributed by atoms with Crippen LogP contribution in [0.25, 0.3) is 33.4 Å². The third kappa shape index (κ3) is 4.56. The molecule has 0 atom stereocenters. The van der Waals surface area contributed by atoms with Crippen LogP contribution >= 0.6 is 0 Å². The normalized spacial score (nSPS) is 10.9. The largest absolute Gasteiger partial charge is 0.395 e. The number of rotatable bonds is 7. The lowest BCUT2D eigenvalue weighted by Crippen LogP contribution is -2.29. The molecule has 9 heteroatoms. The third-order valence-corrected chi connectivity index (χ3v) is 6.00. The lowest BCUT2D eigenvalue weighted by atomic mass is 9.97. The summed E-state index contributed by atoms with van der Waals surface area (Å²) >= 11 is 0. The highest BCUT2D eigenvalue weighted by Gasteiger charge is 2.22. The molecule has 4 N–H and O–H groups in total. The summed E-state index contributed by atoms with van der Waals surface area (Å²) in [6.45, 7) is 5.47. The van der Waals surface area contributed by atoms with Crippen molar-refractivity contribution in [3.63, 3.8) is 0 Å². The molecular formula is C27H28N6O3. The highest BCUT2D eigenvalue weighted by Crippen LogP contribution is 2.41. The molecule has 0 aliphatic heterocycles. The summed E-state index contributed by atoms with van der Waals surface area (Å²) in [5, 5.41) is 12.7. The minimum atomic E-state index is -0.240. The van der Waals surface area contributed by atoms with Crippen LogP contribution in [0, 0.1) is 0 Å². The average Bonchev–Trinajstić information content (AvgIpc) is 3.17. The van der Waals surface area contributed by atoms with Crippen LogP contribution in [-0.4, -0.2) is 56.6 Å². The van der Waals surface area contributed by atoms with Gasteiger partial charge in [-0.05, 0) is 42.3 Å². The first-order valence-electron chi connectivity index (χ1n) is 11.4. The minimum absolute atomic E-state index is 0.103.